The molecule has 0 N–H and O–H groups in total. The predicted octanol–water partition coefficient (Wildman–Crippen LogP) is 7.47. The molecule has 0 amide bonds. The third kappa shape index (κ3) is 18.6. The molecule has 0 spiro atoms. The van der Waals surface area contributed by atoms with Crippen molar-refractivity contribution in [1.29, 1.82) is 10.5 Å². The Bertz CT molecular complexity index is 909. The van der Waals surface area contributed by atoms with Crippen LogP contribution in [0.4, 0.5) is 0 Å². The monoisotopic (exact) mass is 596 g/mol. The van der Waals surface area contributed by atoms with E-state index in [0.29, 0.717) is 25.0 Å². The Morgan fingerprint density at radius 3 is 1.37 bits per heavy atom. The highest BCUT2D eigenvalue weighted by molar-refractivity contribution is 5.93. The topological polar surface area (TPSA) is 107 Å². The van der Waals surface area contributed by atoms with E-state index in [9.17, 15) is 20.1 Å². The van der Waals surface area contributed by atoms with Gasteiger partial charge in [0.2, 0.25) is 0 Å². The fourth-order valence-electron chi connectivity index (χ4n) is 4.32. The van der Waals surface area contributed by atoms with Crippen LogP contribution < -0.4 is 0 Å². The summed E-state index contributed by atoms with van der Waals surface area (Å²) in [5.74, 6) is -0.497. The molecule has 0 fully saturated rings. The van der Waals surface area contributed by atoms with Gasteiger partial charge in [0.1, 0.15) is 23.3 Å². The standard InChI is InChI=1S/C35H56N4O4/c1-7-13-18-30(9-3)28-42-34(40)32(26-36)20-15-22-38(11-5)24-17-25-39(12-6)23-16-21-33(27-37)35(41)43-29-31(10-4)19-14-8-2/h15-16,20-23,30-31H,7-14,17-19,24-25,28-29H2,1-6H3. The Kier molecular flexibility index (Phi) is 24.0. The third-order valence-corrected chi connectivity index (χ3v) is 7.49. The first-order valence-electron chi connectivity index (χ1n) is 16.2. The summed E-state index contributed by atoms with van der Waals surface area (Å²) in [7, 11) is 0. The summed E-state index contributed by atoms with van der Waals surface area (Å²) in [6.07, 6.45) is 19.4. The molecular weight excluding hydrogens is 540 g/mol. The first-order valence-corrected chi connectivity index (χ1v) is 16.2. The second-order valence-electron chi connectivity index (χ2n) is 10.7. The van der Waals surface area contributed by atoms with Crippen LogP contribution in [0.25, 0.3) is 0 Å². The molecule has 2 unspecified atom stereocenters. The zero-order valence-electron chi connectivity index (χ0n) is 27.6. The number of esters is 2. The van der Waals surface area contributed by atoms with Crippen molar-refractivity contribution >= 4 is 11.9 Å². The predicted molar refractivity (Wildman–Crippen MR) is 173 cm³/mol. The van der Waals surface area contributed by atoms with Crippen LogP contribution in [0.2, 0.25) is 0 Å². The van der Waals surface area contributed by atoms with Crippen molar-refractivity contribution in [2.75, 3.05) is 39.4 Å². The maximum atomic E-state index is 12.4. The summed E-state index contributed by atoms with van der Waals surface area (Å²) in [5, 5.41) is 18.8. The molecule has 240 valence electrons. The number of allylic oxidation sites excluding steroid dienone is 4. The van der Waals surface area contributed by atoms with E-state index in [0.717, 1.165) is 84.0 Å². The fraction of sp³-hybridized carbons (Fsp3) is 0.657. The molecule has 0 saturated carbocycles. The largest absolute Gasteiger partial charge is 0.461 e. The molecular formula is C35H56N4O4. The minimum absolute atomic E-state index is 0.00436. The van der Waals surface area contributed by atoms with Gasteiger partial charge in [-0.1, -0.05) is 66.2 Å². The second-order valence-corrected chi connectivity index (χ2v) is 10.7. The van der Waals surface area contributed by atoms with Crippen molar-refractivity contribution in [2.24, 2.45) is 11.8 Å². The average Bonchev–Trinajstić information content (AvgIpc) is 3.03. The van der Waals surface area contributed by atoms with Gasteiger partial charge in [-0.3, -0.25) is 0 Å². The third-order valence-electron chi connectivity index (χ3n) is 7.49. The Morgan fingerprint density at radius 2 is 1.07 bits per heavy atom. The number of hydrogen-bond donors (Lipinski definition) is 0. The van der Waals surface area contributed by atoms with Gasteiger partial charge < -0.3 is 19.3 Å². The van der Waals surface area contributed by atoms with Crippen LogP contribution >= 0.6 is 0 Å². The smallest absolute Gasteiger partial charge is 0.348 e. The van der Waals surface area contributed by atoms with Crippen molar-refractivity contribution in [2.45, 2.75) is 99.3 Å². The highest BCUT2D eigenvalue weighted by Gasteiger charge is 2.15. The zero-order valence-corrected chi connectivity index (χ0v) is 27.6. The molecule has 0 heterocycles. The molecule has 0 aliphatic rings. The first-order chi connectivity index (χ1) is 20.8. The number of carbonyl (C=O) groups is 2. The molecule has 0 aromatic carbocycles. The van der Waals surface area contributed by atoms with Gasteiger partial charge in [0.15, 0.2) is 0 Å². The summed E-state index contributed by atoms with van der Waals surface area (Å²) >= 11 is 0. The van der Waals surface area contributed by atoms with Crippen LogP contribution in [0.5, 0.6) is 0 Å². The lowest BCUT2D eigenvalue weighted by atomic mass is 10.0. The van der Waals surface area contributed by atoms with E-state index in [-0.39, 0.29) is 11.1 Å². The minimum Gasteiger partial charge on any atom is -0.461 e. The molecule has 0 aromatic rings. The first kappa shape index (κ1) is 39.5. The number of nitrogens with zero attached hydrogens (tertiary/aromatic N) is 4. The van der Waals surface area contributed by atoms with Crippen molar-refractivity contribution in [3.8, 4) is 12.1 Å². The number of unbranched alkanes of at least 4 members (excludes halogenated alkanes) is 2. The van der Waals surface area contributed by atoms with Crippen LogP contribution in [0.15, 0.2) is 47.9 Å². The molecule has 0 aromatic heterocycles. The molecule has 0 rings (SSSR count). The number of hydrogen-bond acceptors (Lipinski definition) is 8. The summed E-state index contributed by atoms with van der Waals surface area (Å²) < 4.78 is 10.8. The summed E-state index contributed by atoms with van der Waals surface area (Å²) in [5.41, 5.74) is -0.00872. The summed E-state index contributed by atoms with van der Waals surface area (Å²) in [4.78, 5) is 29.0. The quantitative estimate of drug-likeness (QED) is 0.0489. The van der Waals surface area contributed by atoms with E-state index < -0.39 is 11.9 Å². The van der Waals surface area contributed by atoms with Gasteiger partial charge in [0, 0.05) is 26.2 Å². The van der Waals surface area contributed by atoms with Gasteiger partial charge in [0.05, 0.1) is 13.2 Å². The van der Waals surface area contributed by atoms with E-state index in [2.05, 4.69) is 37.5 Å². The molecule has 8 heteroatoms. The van der Waals surface area contributed by atoms with Gasteiger partial charge in [-0.2, -0.15) is 10.5 Å². The number of carbonyl (C=O) groups excluding carboxylic acids is 2. The summed E-state index contributed by atoms with van der Waals surface area (Å²) in [6, 6.07) is 3.91. The van der Waals surface area contributed by atoms with Gasteiger partial charge >= 0.3 is 11.9 Å². The van der Waals surface area contributed by atoms with Crippen LogP contribution in [0, 0.1) is 34.5 Å². The van der Waals surface area contributed by atoms with Gasteiger partial charge in [-0.05, 0) is 81.6 Å². The average molecular weight is 597 g/mol. The Hall–Kier alpha value is -3.52. The lowest BCUT2D eigenvalue weighted by Gasteiger charge is -2.22. The van der Waals surface area contributed by atoms with Crippen molar-refractivity contribution < 1.29 is 19.1 Å². The molecule has 0 aliphatic heterocycles. The molecule has 0 bridgehead atoms. The van der Waals surface area contributed by atoms with E-state index in [1.165, 1.54) is 12.2 Å². The Balaban J connectivity index is 4.88. The van der Waals surface area contributed by atoms with Crippen LogP contribution in [0.1, 0.15) is 99.3 Å². The second kappa shape index (κ2) is 26.1. The lowest BCUT2D eigenvalue weighted by molar-refractivity contribution is -0.140. The number of rotatable bonds is 24. The van der Waals surface area contributed by atoms with Crippen LogP contribution in [-0.2, 0) is 19.1 Å². The van der Waals surface area contributed by atoms with Crippen molar-refractivity contribution in [3.05, 3.63) is 47.9 Å². The van der Waals surface area contributed by atoms with E-state index >= 15 is 0 Å². The maximum absolute atomic E-state index is 12.4. The minimum atomic E-state index is -0.575. The fourth-order valence-corrected chi connectivity index (χ4v) is 4.32. The molecule has 8 nitrogen and oxygen atoms in total. The van der Waals surface area contributed by atoms with E-state index in [1.54, 1.807) is 12.2 Å². The van der Waals surface area contributed by atoms with Crippen molar-refractivity contribution in [3.63, 3.8) is 0 Å². The lowest BCUT2D eigenvalue weighted by Crippen LogP contribution is -2.24. The Labute approximate surface area is 261 Å². The van der Waals surface area contributed by atoms with Gasteiger partial charge in [-0.15, -0.1) is 0 Å². The van der Waals surface area contributed by atoms with Crippen LogP contribution in [0.3, 0.4) is 0 Å². The van der Waals surface area contributed by atoms with E-state index in [1.807, 2.05) is 38.4 Å². The Morgan fingerprint density at radius 1 is 0.674 bits per heavy atom. The van der Waals surface area contributed by atoms with Gasteiger partial charge in [0.25, 0.3) is 0 Å². The highest BCUT2D eigenvalue weighted by atomic mass is 16.5. The van der Waals surface area contributed by atoms with Crippen molar-refractivity contribution in [1.82, 2.24) is 9.80 Å². The zero-order chi connectivity index (χ0) is 32.3. The molecule has 43 heavy (non-hydrogen) atoms. The van der Waals surface area contributed by atoms with Crippen LogP contribution in [-0.4, -0.2) is 61.1 Å². The van der Waals surface area contributed by atoms with E-state index in [4.69, 9.17) is 9.47 Å². The summed E-state index contributed by atoms with van der Waals surface area (Å²) in [6.45, 7) is 16.4. The highest BCUT2D eigenvalue weighted by Crippen LogP contribution is 2.15. The molecule has 0 radical (unpaired) electrons. The normalized spacial score (nSPS) is 13.4. The number of nitriles is 2. The molecule has 0 aliphatic carbocycles. The van der Waals surface area contributed by atoms with Gasteiger partial charge in [-0.25, -0.2) is 9.59 Å². The number of ether oxygens (including phenoxy) is 2. The molecule has 0 saturated heterocycles. The SMILES string of the molecule is CCCCC(CC)COC(=O)C(C#N)=CC=CN(CC)CCCN(C=CC=C(C#N)C(=O)OCC(CC)CCCC)CC. The maximum Gasteiger partial charge on any atom is 0.348 e. The molecule has 2 atom stereocenters.